The van der Waals surface area contributed by atoms with Crippen molar-refractivity contribution in [2.45, 2.75) is 70.9 Å². The first kappa shape index (κ1) is 26.0. The number of aryl methyl sites for hydroxylation is 1. The maximum Gasteiger partial charge on any atom is 0.255 e. The topological polar surface area (TPSA) is 91.7 Å². The fraction of sp³-hybridized carbons (Fsp3) is 0.400. The molecule has 5 rings (SSSR count). The van der Waals surface area contributed by atoms with Crippen LogP contribution in [0.3, 0.4) is 0 Å². The third kappa shape index (κ3) is 5.21. The molecule has 2 aromatic carbocycles. The number of aliphatic hydroxyl groups is 2. The first-order valence-electron chi connectivity index (χ1n) is 12.8. The van der Waals surface area contributed by atoms with Gasteiger partial charge in [-0.1, -0.05) is 50.2 Å². The summed E-state index contributed by atoms with van der Waals surface area (Å²) in [5.41, 5.74) is 4.75. The molecule has 1 fully saturated rings. The molecule has 0 saturated heterocycles. The molecular weight excluding hydrogens is 452 g/mol. The smallest absolute Gasteiger partial charge is 0.255 e. The number of carbonyl (C=O) groups excluding carboxylic acids is 1. The maximum absolute atomic E-state index is 13.0. The van der Waals surface area contributed by atoms with Crippen molar-refractivity contribution in [1.29, 1.82) is 0 Å². The zero-order chi connectivity index (χ0) is 25.7. The molecule has 4 atom stereocenters. The average molecular weight is 489 g/mol. The molecule has 2 aliphatic rings. The predicted octanol–water partition coefficient (Wildman–Crippen LogP) is 5.16. The molecule has 6 heteroatoms. The number of anilines is 1. The van der Waals surface area contributed by atoms with E-state index in [1.54, 1.807) is 12.3 Å². The van der Waals surface area contributed by atoms with Crippen LogP contribution in [-0.4, -0.2) is 33.5 Å². The molecule has 3 N–H and O–H groups in total. The Morgan fingerprint density at radius 3 is 2.64 bits per heavy atom. The summed E-state index contributed by atoms with van der Waals surface area (Å²) in [6.07, 6.45) is 2.87. The molecule has 0 spiro atoms. The summed E-state index contributed by atoms with van der Waals surface area (Å²) in [5, 5.41) is 24.4. The molecule has 1 saturated carbocycles. The molecule has 4 unspecified atom stereocenters. The molecule has 3 aromatic rings. The highest BCUT2D eigenvalue weighted by Crippen LogP contribution is 2.50. The van der Waals surface area contributed by atoms with E-state index < -0.39 is 12.4 Å². The summed E-state index contributed by atoms with van der Waals surface area (Å²) in [6, 6.07) is 19.6. The molecular formula is C30H36N2O4. The number of benzene rings is 2. The van der Waals surface area contributed by atoms with Gasteiger partial charge in [0.1, 0.15) is 0 Å². The lowest BCUT2D eigenvalue weighted by molar-refractivity contribution is -0.169. The van der Waals surface area contributed by atoms with Crippen LogP contribution in [0.2, 0.25) is 0 Å². The van der Waals surface area contributed by atoms with Gasteiger partial charge in [0.05, 0.1) is 24.1 Å². The first-order valence-corrected chi connectivity index (χ1v) is 12.8. The van der Waals surface area contributed by atoms with Gasteiger partial charge in [-0.3, -0.25) is 9.78 Å². The van der Waals surface area contributed by atoms with Crippen LogP contribution < -0.4 is 5.32 Å². The molecule has 1 amide bonds. The van der Waals surface area contributed by atoms with Gasteiger partial charge in [-0.05, 0) is 73.6 Å². The Morgan fingerprint density at radius 1 is 1.11 bits per heavy atom. The van der Waals surface area contributed by atoms with Crippen molar-refractivity contribution >= 4 is 11.6 Å². The Balaban J connectivity index is 0.00000148. The second kappa shape index (κ2) is 11.3. The summed E-state index contributed by atoms with van der Waals surface area (Å²) in [4.78, 5) is 17.3. The highest BCUT2D eigenvalue weighted by Gasteiger charge is 2.50. The summed E-state index contributed by atoms with van der Waals surface area (Å²) in [5.74, 6) is -0.452. The van der Waals surface area contributed by atoms with Crippen molar-refractivity contribution in [1.82, 2.24) is 4.98 Å². The highest BCUT2D eigenvalue weighted by molar-refractivity contribution is 6.04. The van der Waals surface area contributed by atoms with E-state index in [1.165, 1.54) is 5.56 Å². The number of hydrogen-bond donors (Lipinski definition) is 3. The number of rotatable bonds is 4. The van der Waals surface area contributed by atoms with Crippen molar-refractivity contribution in [2.24, 2.45) is 5.92 Å². The minimum Gasteiger partial charge on any atom is -0.393 e. The van der Waals surface area contributed by atoms with Crippen LogP contribution in [0.25, 0.3) is 0 Å². The number of amides is 1. The van der Waals surface area contributed by atoms with Gasteiger partial charge in [-0.2, -0.15) is 0 Å². The number of pyridine rings is 1. The Labute approximate surface area is 213 Å². The van der Waals surface area contributed by atoms with E-state index in [4.69, 9.17) is 4.74 Å². The van der Waals surface area contributed by atoms with Gasteiger partial charge >= 0.3 is 0 Å². The molecule has 2 heterocycles. The SMILES string of the molecule is CC.Cc1ncccc1NC(=O)c1ccc2c(c1)COC(O)C1CC(O)CCC21Cc1ccccc1. The molecule has 6 nitrogen and oxygen atoms in total. The molecule has 0 radical (unpaired) electrons. The second-order valence-corrected chi connectivity index (χ2v) is 9.52. The average Bonchev–Trinajstić information content (AvgIpc) is 3.02. The Morgan fingerprint density at radius 2 is 1.89 bits per heavy atom. The van der Waals surface area contributed by atoms with Gasteiger partial charge in [0.2, 0.25) is 0 Å². The number of aliphatic hydroxyl groups excluding tert-OH is 2. The van der Waals surface area contributed by atoms with E-state index in [9.17, 15) is 15.0 Å². The standard InChI is InChI=1S/C28H30N2O4.C2H6/c1-18-25(8-5-13-29-18)30-26(32)20-9-10-23-21(14-20)17-34-27(33)24-15-22(31)11-12-28(23,24)16-19-6-3-2-4-7-19;1-2/h2-10,13-14,22,24,27,31,33H,11-12,15-17H2,1H3,(H,30,32);1-2H3. The highest BCUT2D eigenvalue weighted by atomic mass is 16.6. The van der Waals surface area contributed by atoms with Crippen molar-refractivity contribution in [3.8, 4) is 0 Å². The van der Waals surface area contributed by atoms with Crippen molar-refractivity contribution in [3.63, 3.8) is 0 Å². The fourth-order valence-electron chi connectivity index (χ4n) is 5.69. The van der Waals surface area contributed by atoms with Crippen LogP contribution in [-0.2, 0) is 23.2 Å². The third-order valence-electron chi connectivity index (χ3n) is 7.43. The molecule has 1 aliphatic carbocycles. The quantitative estimate of drug-likeness (QED) is 0.472. The van der Waals surface area contributed by atoms with E-state index in [-0.39, 0.29) is 23.8 Å². The number of hydrogen-bond acceptors (Lipinski definition) is 5. The number of aromatic nitrogens is 1. The fourth-order valence-corrected chi connectivity index (χ4v) is 5.69. The Bertz CT molecular complexity index is 1180. The molecule has 36 heavy (non-hydrogen) atoms. The predicted molar refractivity (Wildman–Crippen MR) is 141 cm³/mol. The maximum atomic E-state index is 13.0. The van der Waals surface area contributed by atoms with Gasteiger partial charge in [0.25, 0.3) is 5.91 Å². The van der Waals surface area contributed by atoms with Crippen LogP contribution in [0.5, 0.6) is 0 Å². The summed E-state index contributed by atoms with van der Waals surface area (Å²) < 4.78 is 5.88. The largest absolute Gasteiger partial charge is 0.393 e. The van der Waals surface area contributed by atoms with Crippen molar-refractivity contribution < 1.29 is 19.7 Å². The zero-order valence-electron chi connectivity index (χ0n) is 21.3. The number of nitrogens with one attached hydrogen (secondary N) is 1. The van der Waals surface area contributed by atoms with E-state index in [2.05, 4.69) is 22.4 Å². The van der Waals surface area contributed by atoms with E-state index in [0.29, 0.717) is 24.1 Å². The lowest BCUT2D eigenvalue weighted by atomic mass is 9.58. The summed E-state index contributed by atoms with van der Waals surface area (Å²) >= 11 is 0. The lowest BCUT2D eigenvalue weighted by Gasteiger charge is -2.47. The Kier molecular flexibility index (Phi) is 8.19. The van der Waals surface area contributed by atoms with Crippen LogP contribution in [0.15, 0.2) is 66.9 Å². The molecule has 0 bridgehead atoms. The summed E-state index contributed by atoms with van der Waals surface area (Å²) in [6.45, 7) is 6.07. The van der Waals surface area contributed by atoms with Crippen molar-refractivity contribution in [2.75, 3.05) is 5.32 Å². The zero-order valence-corrected chi connectivity index (χ0v) is 21.3. The number of fused-ring (bicyclic) bond motifs is 3. The Hall–Kier alpha value is -3.06. The molecule has 1 aliphatic heterocycles. The van der Waals surface area contributed by atoms with Gasteiger partial charge in [-0.15, -0.1) is 0 Å². The van der Waals surface area contributed by atoms with Crippen LogP contribution in [0.1, 0.15) is 65.9 Å². The lowest BCUT2D eigenvalue weighted by Crippen LogP contribution is -2.48. The molecule has 1 aromatic heterocycles. The minimum atomic E-state index is -0.985. The van der Waals surface area contributed by atoms with Gasteiger partial charge < -0.3 is 20.3 Å². The van der Waals surface area contributed by atoms with Gasteiger partial charge in [0.15, 0.2) is 6.29 Å². The third-order valence-corrected chi connectivity index (χ3v) is 7.43. The monoisotopic (exact) mass is 488 g/mol. The van der Waals surface area contributed by atoms with E-state index in [1.807, 2.05) is 63.2 Å². The van der Waals surface area contributed by atoms with E-state index >= 15 is 0 Å². The summed E-state index contributed by atoms with van der Waals surface area (Å²) in [7, 11) is 0. The minimum absolute atomic E-state index is 0.212. The van der Waals surface area contributed by atoms with Crippen LogP contribution >= 0.6 is 0 Å². The van der Waals surface area contributed by atoms with Crippen LogP contribution in [0.4, 0.5) is 5.69 Å². The second-order valence-electron chi connectivity index (χ2n) is 9.52. The van der Waals surface area contributed by atoms with Gasteiger partial charge in [-0.25, -0.2) is 0 Å². The first-order chi connectivity index (χ1) is 17.5. The van der Waals surface area contributed by atoms with Crippen LogP contribution in [0, 0.1) is 12.8 Å². The van der Waals surface area contributed by atoms with Gasteiger partial charge in [0, 0.05) is 23.1 Å². The number of nitrogens with zero attached hydrogens (tertiary/aromatic N) is 1. The molecule has 190 valence electrons. The normalized spacial score (nSPS) is 24.9. The van der Waals surface area contributed by atoms with E-state index in [0.717, 1.165) is 29.7 Å². The number of carbonyl (C=O) groups is 1. The number of ether oxygens (including phenoxy) is 1. The van der Waals surface area contributed by atoms with Crippen molar-refractivity contribution in [3.05, 3.63) is 94.8 Å².